The van der Waals surface area contributed by atoms with E-state index >= 15 is 0 Å². The monoisotopic (exact) mass is 295 g/mol. The highest BCUT2D eigenvalue weighted by molar-refractivity contribution is 6.29. The maximum Gasteiger partial charge on any atom is 0.260 e. The fraction of sp³-hybridized carbons (Fsp3) is 0.0625. The number of pyridine rings is 2. The van der Waals surface area contributed by atoms with Gasteiger partial charge in [-0.1, -0.05) is 29.8 Å². The summed E-state index contributed by atoms with van der Waals surface area (Å²) < 4.78 is 0. The van der Waals surface area contributed by atoms with Crippen molar-refractivity contribution in [2.75, 3.05) is 4.90 Å². The first-order chi connectivity index (χ1) is 10.2. The minimum Gasteiger partial charge on any atom is -0.288 e. The van der Waals surface area contributed by atoms with Gasteiger partial charge in [0.2, 0.25) is 0 Å². The van der Waals surface area contributed by atoms with Gasteiger partial charge in [-0.05, 0) is 35.9 Å². The van der Waals surface area contributed by atoms with Gasteiger partial charge >= 0.3 is 0 Å². The molecule has 1 aliphatic heterocycles. The number of hydrogen-bond acceptors (Lipinski definition) is 3. The molecule has 0 fully saturated rings. The Morgan fingerprint density at radius 1 is 1.00 bits per heavy atom. The van der Waals surface area contributed by atoms with Crippen molar-refractivity contribution in [2.24, 2.45) is 0 Å². The third-order valence-corrected chi connectivity index (χ3v) is 3.81. The maximum absolute atomic E-state index is 12.4. The van der Waals surface area contributed by atoms with Crippen LogP contribution in [0.4, 0.5) is 5.82 Å². The van der Waals surface area contributed by atoms with Crippen LogP contribution in [0.3, 0.4) is 0 Å². The Hall–Kier alpha value is -2.46. The molecule has 0 N–H and O–H groups in total. The first-order valence-corrected chi connectivity index (χ1v) is 6.93. The van der Waals surface area contributed by atoms with E-state index in [1.54, 1.807) is 11.0 Å². The number of nitrogens with zero attached hydrogens (tertiary/aromatic N) is 3. The number of anilines is 1. The second-order valence-electron chi connectivity index (χ2n) is 4.90. The maximum atomic E-state index is 12.4. The average molecular weight is 296 g/mol. The summed E-state index contributed by atoms with van der Waals surface area (Å²) in [7, 11) is 0. The van der Waals surface area contributed by atoms with Crippen molar-refractivity contribution >= 4 is 34.4 Å². The van der Waals surface area contributed by atoms with Gasteiger partial charge in [0, 0.05) is 10.9 Å². The van der Waals surface area contributed by atoms with Gasteiger partial charge < -0.3 is 0 Å². The molecule has 1 aliphatic rings. The van der Waals surface area contributed by atoms with E-state index in [9.17, 15) is 4.79 Å². The van der Waals surface area contributed by atoms with Gasteiger partial charge in [0.1, 0.15) is 11.0 Å². The fourth-order valence-electron chi connectivity index (χ4n) is 2.56. The van der Waals surface area contributed by atoms with E-state index in [4.69, 9.17) is 11.6 Å². The molecule has 4 rings (SSSR count). The zero-order valence-corrected chi connectivity index (χ0v) is 11.7. The summed E-state index contributed by atoms with van der Waals surface area (Å²) >= 11 is 5.90. The van der Waals surface area contributed by atoms with E-state index in [0.29, 0.717) is 23.2 Å². The standard InChI is InChI=1S/C16H10ClN3O/c17-13-7-5-10-6-8-14(19-15(10)18-13)20-9-11-3-1-2-4-12(11)16(20)21/h1-8H,9H2. The second kappa shape index (κ2) is 4.53. The highest BCUT2D eigenvalue weighted by Gasteiger charge is 2.28. The van der Waals surface area contributed by atoms with Crippen LogP contribution in [0, 0.1) is 0 Å². The molecule has 0 unspecified atom stereocenters. The molecule has 1 amide bonds. The fourth-order valence-corrected chi connectivity index (χ4v) is 2.70. The predicted molar refractivity (Wildman–Crippen MR) is 81.5 cm³/mol. The van der Waals surface area contributed by atoms with Crippen LogP contribution in [0.1, 0.15) is 15.9 Å². The minimum absolute atomic E-state index is 0.0283. The smallest absolute Gasteiger partial charge is 0.260 e. The molecule has 2 aromatic heterocycles. The largest absolute Gasteiger partial charge is 0.288 e. The number of aromatic nitrogens is 2. The zero-order chi connectivity index (χ0) is 14.4. The summed E-state index contributed by atoms with van der Waals surface area (Å²) in [6.45, 7) is 0.536. The van der Waals surface area contributed by atoms with Crippen molar-refractivity contribution in [3.63, 3.8) is 0 Å². The molecule has 0 radical (unpaired) electrons. The Kier molecular flexibility index (Phi) is 2.65. The summed E-state index contributed by atoms with van der Waals surface area (Å²) in [6, 6.07) is 14.9. The van der Waals surface area contributed by atoms with Crippen LogP contribution in [-0.2, 0) is 6.54 Å². The van der Waals surface area contributed by atoms with E-state index in [-0.39, 0.29) is 5.91 Å². The lowest BCUT2D eigenvalue weighted by atomic mass is 10.1. The molecule has 0 saturated heterocycles. The van der Waals surface area contributed by atoms with Crippen molar-refractivity contribution in [2.45, 2.75) is 6.54 Å². The van der Waals surface area contributed by atoms with E-state index in [1.807, 2.05) is 42.5 Å². The third-order valence-electron chi connectivity index (χ3n) is 3.60. The predicted octanol–water partition coefficient (Wildman–Crippen LogP) is 3.44. The van der Waals surface area contributed by atoms with Gasteiger partial charge in [0.15, 0.2) is 5.65 Å². The minimum atomic E-state index is -0.0283. The topological polar surface area (TPSA) is 46.1 Å². The van der Waals surface area contributed by atoms with Gasteiger partial charge in [0.25, 0.3) is 5.91 Å². The van der Waals surface area contributed by atoms with Crippen molar-refractivity contribution in [1.82, 2.24) is 9.97 Å². The number of hydrogen-bond donors (Lipinski definition) is 0. The zero-order valence-electron chi connectivity index (χ0n) is 11.0. The Labute approximate surface area is 126 Å². The molecule has 4 nitrogen and oxygen atoms in total. The van der Waals surface area contributed by atoms with Crippen LogP contribution in [0.2, 0.25) is 5.15 Å². The highest BCUT2D eigenvalue weighted by atomic mass is 35.5. The molecule has 5 heteroatoms. The molecule has 102 valence electrons. The van der Waals surface area contributed by atoms with Gasteiger partial charge in [0.05, 0.1) is 6.54 Å². The molecule has 1 aromatic carbocycles. The van der Waals surface area contributed by atoms with E-state index < -0.39 is 0 Å². The quantitative estimate of drug-likeness (QED) is 0.646. The van der Waals surface area contributed by atoms with E-state index in [2.05, 4.69) is 9.97 Å². The Morgan fingerprint density at radius 2 is 1.81 bits per heavy atom. The van der Waals surface area contributed by atoms with Gasteiger partial charge in [-0.3, -0.25) is 9.69 Å². The van der Waals surface area contributed by atoms with Crippen molar-refractivity contribution in [1.29, 1.82) is 0 Å². The number of amides is 1. The number of rotatable bonds is 1. The van der Waals surface area contributed by atoms with Crippen LogP contribution < -0.4 is 4.90 Å². The third kappa shape index (κ3) is 1.96. The molecular formula is C16H10ClN3O. The van der Waals surface area contributed by atoms with Crippen LogP contribution in [0.15, 0.2) is 48.5 Å². The average Bonchev–Trinajstić information content (AvgIpc) is 2.84. The number of carbonyl (C=O) groups excluding carboxylic acids is 1. The van der Waals surface area contributed by atoms with E-state index in [1.165, 1.54) is 0 Å². The van der Waals surface area contributed by atoms with Crippen molar-refractivity contribution in [3.05, 3.63) is 64.8 Å². The van der Waals surface area contributed by atoms with Crippen molar-refractivity contribution < 1.29 is 4.79 Å². The molecular weight excluding hydrogens is 286 g/mol. The first kappa shape index (κ1) is 12.3. The number of carbonyl (C=O) groups is 1. The molecule has 3 aromatic rings. The molecule has 0 aliphatic carbocycles. The molecule has 0 bridgehead atoms. The highest BCUT2D eigenvalue weighted by Crippen LogP contribution is 2.28. The lowest BCUT2D eigenvalue weighted by Gasteiger charge is -2.14. The summed E-state index contributed by atoms with van der Waals surface area (Å²) in [5.74, 6) is 0.568. The summed E-state index contributed by atoms with van der Waals surface area (Å²) in [4.78, 5) is 22.8. The van der Waals surface area contributed by atoms with Crippen molar-refractivity contribution in [3.8, 4) is 0 Å². The van der Waals surface area contributed by atoms with Gasteiger partial charge in [-0.25, -0.2) is 9.97 Å². The summed E-state index contributed by atoms with van der Waals surface area (Å²) in [5.41, 5.74) is 2.30. The molecule has 0 saturated carbocycles. The van der Waals surface area contributed by atoms with Crippen LogP contribution >= 0.6 is 11.6 Å². The van der Waals surface area contributed by atoms with Gasteiger partial charge in [-0.15, -0.1) is 0 Å². The van der Waals surface area contributed by atoms with Gasteiger partial charge in [-0.2, -0.15) is 0 Å². The molecule has 0 spiro atoms. The van der Waals surface area contributed by atoms with Crippen LogP contribution in [0.25, 0.3) is 11.0 Å². The summed E-state index contributed by atoms with van der Waals surface area (Å²) in [5, 5.41) is 1.29. The first-order valence-electron chi connectivity index (χ1n) is 6.55. The number of benzene rings is 1. The molecule has 0 atom stereocenters. The number of halogens is 1. The normalized spacial score (nSPS) is 13.8. The SMILES string of the molecule is O=C1c2ccccc2CN1c1ccc2ccc(Cl)nc2n1. The Balaban J connectivity index is 1.80. The lowest BCUT2D eigenvalue weighted by Crippen LogP contribution is -2.24. The lowest BCUT2D eigenvalue weighted by molar-refractivity contribution is 0.0996. The Morgan fingerprint density at radius 3 is 2.67 bits per heavy atom. The molecule has 3 heterocycles. The van der Waals surface area contributed by atoms with Crippen LogP contribution in [-0.4, -0.2) is 15.9 Å². The van der Waals surface area contributed by atoms with Crippen LogP contribution in [0.5, 0.6) is 0 Å². The Bertz CT molecular complexity index is 878. The number of fused-ring (bicyclic) bond motifs is 2. The molecule has 21 heavy (non-hydrogen) atoms. The second-order valence-corrected chi connectivity index (χ2v) is 5.29. The summed E-state index contributed by atoms with van der Waals surface area (Å²) in [6.07, 6.45) is 0. The van der Waals surface area contributed by atoms with E-state index in [0.717, 1.165) is 16.5 Å².